The fourth-order valence-corrected chi connectivity index (χ4v) is 3.56. The SMILES string of the molecule is O=C(NCC=Cc1cnc(C(F)(F)F)nc1)OCC1c2ccccc2-c2ccccc21. The quantitative estimate of drug-likeness (QED) is 0.622. The molecule has 31 heavy (non-hydrogen) atoms. The van der Waals surface area contributed by atoms with Crippen LogP contribution in [0.1, 0.15) is 28.4 Å². The monoisotopic (exact) mass is 425 g/mol. The molecule has 158 valence electrons. The van der Waals surface area contributed by atoms with E-state index in [1.807, 2.05) is 36.4 Å². The van der Waals surface area contributed by atoms with Gasteiger partial charge in [0.05, 0.1) is 0 Å². The summed E-state index contributed by atoms with van der Waals surface area (Å²) in [5, 5.41) is 2.59. The molecular formula is C23H18F3N3O2. The number of aromatic nitrogens is 2. The number of halogens is 3. The van der Waals surface area contributed by atoms with Gasteiger partial charge in [0.25, 0.3) is 0 Å². The number of rotatable bonds is 5. The highest BCUT2D eigenvalue weighted by Gasteiger charge is 2.34. The van der Waals surface area contributed by atoms with Crippen molar-refractivity contribution in [1.29, 1.82) is 0 Å². The maximum absolute atomic E-state index is 12.5. The number of ether oxygens (including phenoxy) is 1. The molecule has 1 aliphatic rings. The van der Waals surface area contributed by atoms with Crippen molar-refractivity contribution in [1.82, 2.24) is 15.3 Å². The molecule has 0 fully saturated rings. The molecule has 1 aromatic heterocycles. The Bertz CT molecular complexity index is 1070. The average Bonchev–Trinajstić information content (AvgIpc) is 3.09. The molecule has 2 aromatic carbocycles. The summed E-state index contributed by atoms with van der Waals surface area (Å²) < 4.78 is 42.8. The molecule has 4 rings (SSSR count). The van der Waals surface area contributed by atoms with Gasteiger partial charge in [0.2, 0.25) is 5.82 Å². The van der Waals surface area contributed by atoms with E-state index in [0.717, 1.165) is 34.6 Å². The molecule has 1 heterocycles. The summed E-state index contributed by atoms with van der Waals surface area (Å²) in [7, 11) is 0. The smallest absolute Gasteiger partial charge is 0.449 e. The van der Waals surface area contributed by atoms with Gasteiger partial charge in [-0.15, -0.1) is 0 Å². The van der Waals surface area contributed by atoms with Gasteiger partial charge < -0.3 is 10.1 Å². The maximum atomic E-state index is 12.5. The van der Waals surface area contributed by atoms with Gasteiger partial charge in [-0.05, 0) is 22.3 Å². The summed E-state index contributed by atoms with van der Waals surface area (Å²) >= 11 is 0. The number of carbonyl (C=O) groups excluding carboxylic acids is 1. The minimum atomic E-state index is -4.58. The number of alkyl halides is 3. The summed E-state index contributed by atoms with van der Waals surface area (Å²) in [6, 6.07) is 16.1. The Kier molecular flexibility index (Phi) is 5.70. The lowest BCUT2D eigenvalue weighted by Crippen LogP contribution is -2.26. The number of nitrogens with zero attached hydrogens (tertiary/aromatic N) is 2. The van der Waals surface area contributed by atoms with Crippen LogP contribution in [0, 0.1) is 0 Å². The third-order valence-corrected chi connectivity index (χ3v) is 4.94. The van der Waals surface area contributed by atoms with Crippen molar-refractivity contribution in [2.24, 2.45) is 0 Å². The molecule has 1 aliphatic carbocycles. The van der Waals surface area contributed by atoms with Crippen LogP contribution in [0.5, 0.6) is 0 Å². The standard InChI is InChI=1S/C23H18F3N3O2/c24-23(25,26)21-28-12-15(13-29-21)6-5-11-27-22(30)31-14-20-18-9-3-1-7-16(18)17-8-2-4-10-19(17)20/h1-10,12-13,20H,11,14H2,(H,27,30). The summed E-state index contributed by atoms with van der Waals surface area (Å²) in [6.07, 6.45) is 0.0833. The lowest BCUT2D eigenvalue weighted by molar-refractivity contribution is -0.145. The van der Waals surface area contributed by atoms with Gasteiger partial charge in [0.1, 0.15) is 6.61 Å². The molecule has 0 saturated carbocycles. The molecule has 3 aromatic rings. The van der Waals surface area contributed by atoms with Crippen LogP contribution in [0.2, 0.25) is 0 Å². The van der Waals surface area contributed by atoms with E-state index in [9.17, 15) is 18.0 Å². The van der Waals surface area contributed by atoms with Gasteiger partial charge in [-0.25, -0.2) is 14.8 Å². The molecule has 0 aliphatic heterocycles. The van der Waals surface area contributed by atoms with Gasteiger partial charge >= 0.3 is 12.3 Å². The van der Waals surface area contributed by atoms with Gasteiger partial charge in [-0.2, -0.15) is 13.2 Å². The Hall–Kier alpha value is -3.68. The van der Waals surface area contributed by atoms with E-state index in [4.69, 9.17) is 4.74 Å². The largest absolute Gasteiger partial charge is 0.451 e. The third kappa shape index (κ3) is 4.58. The van der Waals surface area contributed by atoms with E-state index in [0.29, 0.717) is 5.56 Å². The average molecular weight is 425 g/mol. The lowest BCUT2D eigenvalue weighted by atomic mass is 9.98. The summed E-state index contributed by atoms with van der Waals surface area (Å²) in [4.78, 5) is 18.6. The normalized spacial score (nSPS) is 13.1. The molecule has 0 saturated heterocycles. The number of hydrogen-bond acceptors (Lipinski definition) is 4. The first-order valence-corrected chi connectivity index (χ1v) is 9.58. The molecule has 8 heteroatoms. The van der Waals surface area contributed by atoms with Crippen LogP contribution in [-0.4, -0.2) is 29.2 Å². The highest BCUT2D eigenvalue weighted by atomic mass is 19.4. The Labute approximate surface area is 176 Å². The second kappa shape index (κ2) is 8.59. The first-order chi connectivity index (χ1) is 14.9. The van der Waals surface area contributed by atoms with Crippen LogP contribution in [0.4, 0.5) is 18.0 Å². The zero-order valence-electron chi connectivity index (χ0n) is 16.3. The second-order valence-corrected chi connectivity index (χ2v) is 6.95. The van der Waals surface area contributed by atoms with Crippen LogP contribution in [0.15, 0.2) is 67.0 Å². The first-order valence-electron chi connectivity index (χ1n) is 9.58. The van der Waals surface area contributed by atoms with Crippen LogP contribution in [0.3, 0.4) is 0 Å². The first kappa shape index (κ1) is 20.6. The highest BCUT2D eigenvalue weighted by Crippen LogP contribution is 2.44. The number of hydrogen-bond donors (Lipinski definition) is 1. The molecule has 1 N–H and O–H groups in total. The predicted octanol–water partition coefficient (Wildman–Crippen LogP) is 5.05. The molecule has 1 amide bonds. The Balaban J connectivity index is 1.30. The van der Waals surface area contributed by atoms with Crippen molar-refractivity contribution in [2.75, 3.05) is 13.2 Å². The Morgan fingerprint density at radius 3 is 2.16 bits per heavy atom. The van der Waals surface area contributed by atoms with Gasteiger partial charge in [0, 0.05) is 30.4 Å². The van der Waals surface area contributed by atoms with Crippen molar-refractivity contribution < 1.29 is 22.7 Å². The molecule has 0 atom stereocenters. The topological polar surface area (TPSA) is 64.1 Å². The summed E-state index contributed by atoms with van der Waals surface area (Å²) in [5.74, 6) is -1.22. The van der Waals surface area contributed by atoms with Crippen molar-refractivity contribution in [3.63, 3.8) is 0 Å². The zero-order valence-corrected chi connectivity index (χ0v) is 16.3. The van der Waals surface area contributed by atoms with Gasteiger partial charge in [0.15, 0.2) is 0 Å². The minimum absolute atomic E-state index is 0.0296. The van der Waals surface area contributed by atoms with Crippen molar-refractivity contribution in [2.45, 2.75) is 12.1 Å². The molecule has 5 nitrogen and oxygen atoms in total. The van der Waals surface area contributed by atoms with Crippen molar-refractivity contribution in [3.8, 4) is 11.1 Å². The van der Waals surface area contributed by atoms with Crippen molar-refractivity contribution in [3.05, 3.63) is 89.5 Å². The molecular weight excluding hydrogens is 407 g/mol. The van der Waals surface area contributed by atoms with E-state index >= 15 is 0 Å². The maximum Gasteiger partial charge on any atom is 0.451 e. The predicted molar refractivity (Wildman–Crippen MR) is 109 cm³/mol. The van der Waals surface area contributed by atoms with Crippen molar-refractivity contribution >= 4 is 12.2 Å². The third-order valence-electron chi connectivity index (χ3n) is 4.94. The summed E-state index contributed by atoms with van der Waals surface area (Å²) in [5.41, 5.74) is 4.93. The van der Waals surface area contributed by atoms with Gasteiger partial charge in [-0.3, -0.25) is 0 Å². The second-order valence-electron chi connectivity index (χ2n) is 6.95. The number of alkyl carbamates (subject to hydrolysis) is 1. The highest BCUT2D eigenvalue weighted by molar-refractivity contribution is 5.79. The lowest BCUT2D eigenvalue weighted by Gasteiger charge is -2.14. The van der Waals surface area contributed by atoms with E-state index in [-0.39, 0.29) is 19.1 Å². The number of benzene rings is 2. The van der Waals surface area contributed by atoms with E-state index in [2.05, 4.69) is 27.4 Å². The van der Waals surface area contributed by atoms with E-state index in [1.165, 1.54) is 6.08 Å². The van der Waals surface area contributed by atoms with E-state index < -0.39 is 18.1 Å². The molecule has 0 spiro atoms. The Morgan fingerprint density at radius 1 is 1.00 bits per heavy atom. The molecule has 0 radical (unpaired) electrons. The number of carbonyl (C=O) groups is 1. The fourth-order valence-electron chi connectivity index (χ4n) is 3.56. The van der Waals surface area contributed by atoms with Crippen LogP contribution in [0.25, 0.3) is 17.2 Å². The Morgan fingerprint density at radius 2 is 1.58 bits per heavy atom. The minimum Gasteiger partial charge on any atom is -0.449 e. The van der Waals surface area contributed by atoms with Gasteiger partial charge in [-0.1, -0.05) is 60.7 Å². The van der Waals surface area contributed by atoms with Crippen LogP contribution in [-0.2, 0) is 10.9 Å². The number of nitrogens with one attached hydrogen (secondary N) is 1. The summed E-state index contributed by atoms with van der Waals surface area (Å²) in [6.45, 7) is 0.355. The zero-order chi connectivity index (χ0) is 21.8. The van der Waals surface area contributed by atoms with Crippen LogP contribution < -0.4 is 5.32 Å². The number of amides is 1. The molecule has 0 bridgehead atoms. The number of fused-ring (bicyclic) bond motifs is 3. The molecule has 0 unspecified atom stereocenters. The van der Waals surface area contributed by atoms with Crippen LogP contribution >= 0.6 is 0 Å². The van der Waals surface area contributed by atoms with E-state index in [1.54, 1.807) is 6.08 Å². The fraction of sp³-hybridized carbons (Fsp3) is 0.174.